The first-order chi connectivity index (χ1) is 12.4. The van der Waals surface area contributed by atoms with E-state index in [1.807, 2.05) is 0 Å². The summed E-state index contributed by atoms with van der Waals surface area (Å²) in [6, 6.07) is 7.46. The van der Waals surface area contributed by atoms with Gasteiger partial charge in [-0.15, -0.1) is 0 Å². The van der Waals surface area contributed by atoms with Crippen molar-refractivity contribution >= 4 is 11.7 Å². The van der Waals surface area contributed by atoms with Crippen LogP contribution in [0.5, 0.6) is 0 Å². The van der Waals surface area contributed by atoms with Gasteiger partial charge in [-0.2, -0.15) is 0 Å². The highest BCUT2D eigenvalue weighted by atomic mass is 19.1. The summed E-state index contributed by atoms with van der Waals surface area (Å²) in [6.07, 6.45) is 2.84. The van der Waals surface area contributed by atoms with Gasteiger partial charge in [-0.1, -0.05) is 25.1 Å². The minimum atomic E-state index is -0.563. The topological polar surface area (TPSA) is 68.2 Å². The van der Waals surface area contributed by atoms with Gasteiger partial charge in [-0.25, -0.2) is 4.39 Å². The van der Waals surface area contributed by atoms with E-state index in [0.29, 0.717) is 29.4 Å². The Balaban J connectivity index is 2.00. The molecule has 0 bridgehead atoms. The van der Waals surface area contributed by atoms with Gasteiger partial charge in [-0.3, -0.25) is 14.4 Å². The second-order valence-electron chi connectivity index (χ2n) is 6.85. The molecule has 1 saturated carbocycles. The summed E-state index contributed by atoms with van der Waals surface area (Å²) >= 11 is 0. The molecule has 1 aliphatic rings. The maximum absolute atomic E-state index is 14.0. The van der Waals surface area contributed by atoms with E-state index >= 15 is 0 Å². The lowest BCUT2D eigenvalue weighted by atomic mass is 10.0. The molecule has 0 spiro atoms. The third-order valence-electron chi connectivity index (χ3n) is 4.90. The number of rotatable bonds is 6. The highest BCUT2D eigenvalue weighted by Gasteiger charge is 2.34. The number of amides is 1. The number of benzene rings is 1. The average molecular weight is 356 g/mol. The van der Waals surface area contributed by atoms with Crippen molar-refractivity contribution < 1.29 is 14.0 Å². The first kappa shape index (κ1) is 18.0. The zero-order valence-electron chi connectivity index (χ0n) is 14.8. The predicted octanol–water partition coefficient (Wildman–Crippen LogP) is 2.62. The summed E-state index contributed by atoms with van der Waals surface area (Å²) < 4.78 is 15.2. The Morgan fingerprint density at radius 3 is 2.62 bits per heavy atom. The molecule has 3 rings (SSSR count). The predicted molar refractivity (Wildman–Crippen MR) is 95.8 cm³/mol. The van der Waals surface area contributed by atoms with Crippen LogP contribution in [-0.2, 0) is 6.54 Å². The number of ketones is 1. The first-order valence-electron chi connectivity index (χ1n) is 8.64. The quantitative estimate of drug-likeness (QED) is 0.809. The zero-order chi connectivity index (χ0) is 18.8. The summed E-state index contributed by atoms with van der Waals surface area (Å²) in [5.41, 5.74) is -0.0426. The summed E-state index contributed by atoms with van der Waals surface area (Å²) in [4.78, 5) is 37.2. The number of Topliss-reactive ketones (excluding diaryl/α,β-unsaturated/α-hetero) is 1. The summed E-state index contributed by atoms with van der Waals surface area (Å²) in [5, 5.41) is 2.41. The van der Waals surface area contributed by atoms with Gasteiger partial charge in [0, 0.05) is 30.8 Å². The molecule has 136 valence electrons. The van der Waals surface area contributed by atoms with Crippen LogP contribution in [0.15, 0.2) is 41.3 Å². The van der Waals surface area contributed by atoms with Gasteiger partial charge >= 0.3 is 0 Å². The number of hydrogen-bond acceptors (Lipinski definition) is 3. The van der Waals surface area contributed by atoms with Crippen molar-refractivity contribution in [2.24, 2.45) is 11.8 Å². The summed E-state index contributed by atoms with van der Waals surface area (Å²) in [7, 11) is 1.42. The Labute approximate surface area is 150 Å². The number of hydrogen-bond donors (Lipinski definition) is 1. The SMILES string of the molecule is CNC(=O)c1cc(C(=O)C[C@@H]2C[C@H]2C)cn(Cc2ccccc2F)c1=O. The Kier molecular flexibility index (Phi) is 5.02. The smallest absolute Gasteiger partial charge is 0.263 e. The second-order valence-corrected chi connectivity index (χ2v) is 6.85. The molecule has 1 N–H and O–H groups in total. The van der Waals surface area contributed by atoms with Crippen LogP contribution < -0.4 is 10.9 Å². The van der Waals surface area contributed by atoms with E-state index in [1.54, 1.807) is 18.2 Å². The van der Waals surface area contributed by atoms with Crippen molar-refractivity contribution in [2.45, 2.75) is 26.3 Å². The minimum absolute atomic E-state index is 0.0452. The normalized spacial score (nSPS) is 18.4. The molecule has 1 fully saturated rings. The Hall–Kier alpha value is -2.76. The van der Waals surface area contributed by atoms with Crippen LogP contribution in [0, 0.1) is 17.7 Å². The molecular weight excluding hydrogens is 335 g/mol. The highest BCUT2D eigenvalue weighted by molar-refractivity contribution is 6.00. The number of nitrogens with one attached hydrogen (secondary N) is 1. The van der Waals surface area contributed by atoms with Crippen LogP contribution in [0.3, 0.4) is 0 Å². The average Bonchev–Trinajstić information content (AvgIpc) is 3.32. The molecule has 0 aliphatic heterocycles. The van der Waals surface area contributed by atoms with Gasteiger partial charge in [0.05, 0.1) is 6.54 Å². The van der Waals surface area contributed by atoms with E-state index in [-0.39, 0.29) is 17.9 Å². The molecule has 6 heteroatoms. The fourth-order valence-electron chi connectivity index (χ4n) is 3.05. The molecule has 2 aromatic rings. The van der Waals surface area contributed by atoms with Crippen LogP contribution in [0.4, 0.5) is 4.39 Å². The van der Waals surface area contributed by atoms with Crippen molar-refractivity contribution in [2.75, 3.05) is 7.05 Å². The van der Waals surface area contributed by atoms with Crippen LogP contribution in [-0.4, -0.2) is 23.3 Å². The van der Waals surface area contributed by atoms with Gasteiger partial charge in [0.15, 0.2) is 5.78 Å². The molecule has 26 heavy (non-hydrogen) atoms. The van der Waals surface area contributed by atoms with E-state index in [4.69, 9.17) is 0 Å². The van der Waals surface area contributed by atoms with Gasteiger partial charge in [-0.05, 0) is 30.4 Å². The molecule has 0 saturated heterocycles. The van der Waals surface area contributed by atoms with E-state index < -0.39 is 17.3 Å². The molecule has 0 radical (unpaired) electrons. The third kappa shape index (κ3) is 3.74. The number of nitrogens with zero attached hydrogens (tertiary/aromatic N) is 1. The molecule has 2 atom stereocenters. The zero-order valence-corrected chi connectivity index (χ0v) is 14.8. The molecule has 1 heterocycles. The van der Waals surface area contributed by atoms with Crippen LogP contribution in [0.25, 0.3) is 0 Å². The number of aromatic nitrogens is 1. The number of halogens is 1. The molecular formula is C20H21FN2O3. The molecule has 1 aliphatic carbocycles. The fourth-order valence-corrected chi connectivity index (χ4v) is 3.05. The van der Waals surface area contributed by atoms with Crippen LogP contribution in [0.1, 0.15) is 46.0 Å². The first-order valence-corrected chi connectivity index (χ1v) is 8.64. The summed E-state index contributed by atoms with van der Waals surface area (Å²) in [6.45, 7) is 2.05. The van der Waals surface area contributed by atoms with E-state index in [1.165, 1.54) is 29.9 Å². The monoisotopic (exact) mass is 356 g/mol. The van der Waals surface area contributed by atoms with Crippen molar-refractivity contribution in [3.8, 4) is 0 Å². The Morgan fingerprint density at radius 1 is 1.31 bits per heavy atom. The van der Waals surface area contributed by atoms with Gasteiger partial charge in [0.1, 0.15) is 11.4 Å². The summed E-state index contributed by atoms with van der Waals surface area (Å²) in [5.74, 6) is -0.220. The number of pyridine rings is 1. The second kappa shape index (κ2) is 7.23. The van der Waals surface area contributed by atoms with Gasteiger partial charge in [0.25, 0.3) is 11.5 Å². The number of carbonyl (C=O) groups excluding carboxylic acids is 2. The molecule has 0 unspecified atom stereocenters. The van der Waals surface area contributed by atoms with Crippen molar-refractivity contribution in [1.82, 2.24) is 9.88 Å². The lowest BCUT2D eigenvalue weighted by Crippen LogP contribution is -2.32. The fraction of sp³-hybridized carbons (Fsp3) is 0.350. The minimum Gasteiger partial charge on any atom is -0.355 e. The van der Waals surface area contributed by atoms with Crippen molar-refractivity contribution in [3.05, 3.63) is 69.4 Å². The molecule has 1 aromatic carbocycles. The largest absolute Gasteiger partial charge is 0.355 e. The lowest BCUT2D eigenvalue weighted by molar-refractivity contribution is 0.0961. The van der Waals surface area contributed by atoms with Crippen LogP contribution in [0.2, 0.25) is 0 Å². The lowest BCUT2D eigenvalue weighted by Gasteiger charge is -2.12. The van der Waals surface area contributed by atoms with Crippen molar-refractivity contribution in [3.63, 3.8) is 0 Å². The van der Waals surface area contributed by atoms with E-state index in [0.717, 1.165) is 6.42 Å². The third-order valence-corrected chi connectivity index (χ3v) is 4.90. The molecule has 1 amide bonds. The Bertz CT molecular complexity index is 920. The van der Waals surface area contributed by atoms with Crippen LogP contribution >= 0.6 is 0 Å². The van der Waals surface area contributed by atoms with Gasteiger partial charge < -0.3 is 9.88 Å². The molecule has 1 aromatic heterocycles. The maximum Gasteiger partial charge on any atom is 0.263 e. The maximum atomic E-state index is 14.0. The highest BCUT2D eigenvalue weighted by Crippen LogP contribution is 2.41. The van der Waals surface area contributed by atoms with E-state index in [9.17, 15) is 18.8 Å². The standard InChI is InChI=1S/C20H21FN2O3/c1-12-7-14(12)9-18(24)15-8-16(19(25)22-2)20(26)23(11-15)10-13-5-3-4-6-17(13)21/h3-6,8,11-12,14H,7,9-10H2,1-2H3,(H,22,25)/t12-,14+/m1/s1. The van der Waals surface area contributed by atoms with Gasteiger partial charge in [0.2, 0.25) is 0 Å². The number of carbonyl (C=O) groups is 2. The Morgan fingerprint density at radius 2 is 2.00 bits per heavy atom. The van der Waals surface area contributed by atoms with E-state index in [2.05, 4.69) is 12.2 Å². The van der Waals surface area contributed by atoms with Crippen molar-refractivity contribution in [1.29, 1.82) is 0 Å². The molecule has 5 nitrogen and oxygen atoms in total.